The smallest absolute Gasteiger partial charge is 0.160 e. The molecule has 0 aliphatic carbocycles. The van der Waals surface area contributed by atoms with E-state index in [1.165, 1.54) is 5.56 Å². The first-order valence-corrected chi connectivity index (χ1v) is 5.85. The maximum atomic E-state index is 11.3. The Kier molecular flexibility index (Phi) is 3.90. The van der Waals surface area contributed by atoms with Gasteiger partial charge in [0.25, 0.3) is 0 Å². The molecule has 0 aliphatic rings. The van der Waals surface area contributed by atoms with E-state index in [2.05, 4.69) is 29.5 Å². The van der Waals surface area contributed by atoms with Gasteiger partial charge in [-0.1, -0.05) is 53.8 Å². The minimum atomic E-state index is 0.160. The number of alkyl halides is 1. The van der Waals surface area contributed by atoms with Crippen molar-refractivity contribution >= 4 is 28.4 Å². The van der Waals surface area contributed by atoms with Crippen LogP contribution in [0.25, 0.3) is 0 Å². The third-order valence-electron chi connectivity index (χ3n) is 2.10. The Morgan fingerprint density at radius 3 is 2.62 bits per heavy atom. The molecule has 0 heterocycles. The van der Waals surface area contributed by atoms with Crippen molar-refractivity contribution in [1.82, 2.24) is 0 Å². The summed E-state index contributed by atoms with van der Waals surface area (Å²) in [5, 5.41) is 0. The molecule has 13 heavy (non-hydrogen) atoms. The van der Waals surface area contributed by atoms with Crippen LogP contribution in [0.15, 0.2) is 24.3 Å². The van der Waals surface area contributed by atoms with Crippen LogP contribution in [-0.2, 0) is 0 Å². The average molecular weight is 288 g/mol. The van der Waals surface area contributed by atoms with Crippen molar-refractivity contribution in [2.45, 2.75) is 19.8 Å². The van der Waals surface area contributed by atoms with Crippen LogP contribution in [0, 0.1) is 0 Å². The van der Waals surface area contributed by atoms with Gasteiger partial charge in [0.15, 0.2) is 5.78 Å². The van der Waals surface area contributed by atoms with Gasteiger partial charge in [0.2, 0.25) is 0 Å². The molecule has 0 saturated heterocycles. The van der Waals surface area contributed by atoms with Crippen molar-refractivity contribution in [3.05, 3.63) is 35.4 Å². The first-order chi connectivity index (χ1) is 6.16. The highest BCUT2D eigenvalue weighted by atomic mass is 127. The highest BCUT2D eigenvalue weighted by Crippen LogP contribution is 2.21. The van der Waals surface area contributed by atoms with E-state index in [0.717, 1.165) is 9.99 Å². The first kappa shape index (κ1) is 10.7. The summed E-state index contributed by atoms with van der Waals surface area (Å²) < 4.78 is 1.04. The predicted octanol–water partition coefficient (Wildman–Crippen LogP) is 3.43. The Balaban J connectivity index is 3.11. The van der Waals surface area contributed by atoms with E-state index in [-0.39, 0.29) is 5.78 Å². The van der Waals surface area contributed by atoms with Crippen LogP contribution in [0.1, 0.15) is 35.7 Å². The molecule has 1 aromatic carbocycles. The fourth-order valence-corrected chi connectivity index (χ4v) is 1.80. The number of hydrogen-bond acceptors (Lipinski definition) is 1. The monoisotopic (exact) mass is 288 g/mol. The van der Waals surface area contributed by atoms with Gasteiger partial charge in [0.05, 0.1) is 0 Å². The summed E-state index contributed by atoms with van der Waals surface area (Å²) in [5.74, 6) is 0.619. The summed E-state index contributed by atoms with van der Waals surface area (Å²) in [4.78, 5) is 11.3. The fraction of sp³-hybridized carbons (Fsp3) is 0.364. The van der Waals surface area contributed by atoms with Gasteiger partial charge in [-0.15, -0.1) is 0 Å². The van der Waals surface area contributed by atoms with Gasteiger partial charge >= 0.3 is 0 Å². The molecule has 0 radical (unpaired) electrons. The van der Waals surface area contributed by atoms with Gasteiger partial charge in [-0.25, -0.2) is 0 Å². The van der Waals surface area contributed by atoms with Crippen LogP contribution in [-0.4, -0.2) is 10.2 Å². The van der Waals surface area contributed by atoms with Crippen molar-refractivity contribution in [2.75, 3.05) is 4.43 Å². The first-order valence-electron chi connectivity index (χ1n) is 4.32. The van der Waals surface area contributed by atoms with Crippen LogP contribution < -0.4 is 0 Å². The molecule has 0 fully saturated rings. The minimum Gasteiger partial charge on any atom is -0.295 e. The average Bonchev–Trinajstić information content (AvgIpc) is 2.16. The second-order valence-corrected chi connectivity index (χ2v) is 4.08. The Morgan fingerprint density at radius 2 is 2.08 bits per heavy atom. The van der Waals surface area contributed by atoms with Crippen LogP contribution in [0.3, 0.4) is 0 Å². The molecule has 1 nitrogen and oxygen atoms in total. The van der Waals surface area contributed by atoms with E-state index in [0.29, 0.717) is 5.92 Å². The molecule has 0 amide bonds. The Hall–Kier alpha value is -0.380. The van der Waals surface area contributed by atoms with Crippen LogP contribution in [0.4, 0.5) is 0 Å². The summed E-state index contributed by atoms with van der Waals surface area (Å²) in [7, 11) is 0. The van der Waals surface area contributed by atoms with E-state index in [9.17, 15) is 4.79 Å². The number of halogens is 1. The highest BCUT2D eigenvalue weighted by molar-refractivity contribution is 14.1. The van der Waals surface area contributed by atoms with E-state index < -0.39 is 0 Å². The van der Waals surface area contributed by atoms with Crippen LogP contribution in [0.2, 0.25) is 0 Å². The topological polar surface area (TPSA) is 17.1 Å². The number of hydrogen-bond donors (Lipinski definition) is 0. The second kappa shape index (κ2) is 4.74. The molecule has 0 spiro atoms. The van der Waals surface area contributed by atoms with Crippen molar-refractivity contribution < 1.29 is 4.79 Å². The SMILES string of the molecule is CC(=O)c1ccccc1C(C)CI. The van der Waals surface area contributed by atoms with Gasteiger partial charge in [0.1, 0.15) is 0 Å². The summed E-state index contributed by atoms with van der Waals surface area (Å²) >= 11 is 2.35. The van der Waals surface area contributed by atoms with Gasteiger partial charge in [-0.2, -0.15) is 0 Å². The van der Waals surface area contributed by atoms with Gasteiger partial charge < -0.3 is 0 Å². The molecule has 0 bridgehead atoms. The number of benzene rings is 1. The van der Waals surface area contributed by atoms with E-state index >= 15 is 0 Å². The molecule has 70 valence electrons. The number of Topliss-reactive ketones (excluding diaryl/α,β-unsaturated/α-hetero) is 1. The number of carbonyl (C=O) groups is 1. The quantitative estimate of drug-likeness (QED) is 0.473. The van der Waals surface area contributed by atoms with Crippen LogP contribution in [0.5, 0.6) is 0 Å². The third-order valence-corrected chi connectivity index (χ3v) is 3.42. The predicted molar refractivity (Wildman–Crippen MR) is 63.7 cm³/mol. The lowest BCUT2D eigenvalue weighted by Crippen LogP contribution is -2.03. The van der Waals surface area contributed by atoms with Crippen LogP contribution >= 0.6 is 22.6 Å². The molecule has 1 atom stereocenters. The van der Waals surface area contributed by atoms with Gasteiger partial charge in [0, 0.05) is 9.99 Å². The lowest BCUT2D eigenvalue weighted by atomic mass is 9.95. The maximum absolute atomic E-state index is 11.3. The summed E-state index contributed by atoms with van der Waals surface area (Å²) in [6, 6.07) is 7.85. The molecular formula is C11H13IO. The number of carbonyl (C=O) groups excluding carboxylic acids is 1. The number of ketones is 1. The zero-order chi connectivity index (χ0) is 9.84. The summed E-state index contributed by atoms with van der Waals surface area (Å²) in [6.07, 6.45) is 0. The van der Waals surface area contributed by atoms with Crippen molar-refractivity contribution in [3.63, 3.8) is 0 Å². The normalized spacial score (nSPS) is 12.5. The molecule has 0 N–H and O–H groups in total. The van der Waals surface area contributed by atoms with Crippen molar-refractivity contribution in [2.24, 2.45) is 0 Å². The minimum absolute atomic E-state index is 0.160. The Labute approximate surface area is 92.7 Å². The lowest BCUT2D eigenvalue weighted by Gasteiger charge is -2.11. The molecule has 0 aromatic heterocycles. The Bertz CT molecular complexity index is 307. The maximum Gasteiger partial charge on any atom is 0.160 e. The molecule has 0 saturated carbocycles. The molecule has 2 heteroatoms. The summed E-state index contributed by atoms with van der Waals surface area (Å²) in [5.41, 5.74) is 2.04. The Morgan fingerprint density at radius 1 is 1.46 bits per heavy atom. The van der Waals surface area contributed by atoms with E-state index in [1.54, 1.807) is 6.92 Å². The fourth-order valence-electron chi connectivity index (χ4n) is 1.33. The highest BCUT2D eigenvalue weighted by Gasteiger charge is 2.11. The van der Waals surface area contributed by atoms with Crippen molar-refractivity contribution in [3.8, 4) is 0 Å². The summed E-state index contributed by atoms with van der Waals surface area (Å²) in [6.45, 7) is 3.77. The largest absolute Gasteiger partial charge is 0.295 e. The van der Waals surface area contributed by atoms with Gasteiger partial charge in [-0.3, -0.25) is 4.79 Å². The lowest BCUT2D eigenvalue weighted by molar-refractivity contribution is 0.101. The van der Waals surface area contributed by atoms with Gasteiger partial charge in [-0.05, 0) is 18.4 Å². The molecule has 0 aliphatic heterocycles. The molecule has 1 rings (SSSR count). The molecule has 1 unspecified atom stereocenters. The number of rotatable bonds is 3. The molecule has 1 aromatic rings. The third kappa shape index (κ3) is 2.53. The van der Waals surface area contributed by atoms with E-state index in [4.69, 9.17) is 0 Å². The van der Waals surface area contributed by atoms with Crippen molar-refractivity contribution in [1.29, 1.82) is 0 Å². The zero-order valence-corrected chi connectivity index (χ0v) is 10.0. The second-order valence-electron chi connectivity index (χ2n) is 3.20. The zero-order valence-electron chi connectivity index (χ0n) is 7.88. The molecular weight excluding hydrogens is 275 g/mol. The standard InChI is InChI=1S/C11H13IO/c1-8(7-12)10-5-3-4-6-11(10)9(2)13/h3-6,8H,7H2,1-2H3. The van der Waals surface area contributed by atoms with E-state index in [1.807, 2.05) is 24.3 Å².